The van der Waals surface area contributed by atoms with Crippen LogP contribution in [0.15, 0.2) is 17.1 Å². The maximum Gasteiger partial charge on any atom is 0.191 e. The Morgan fingerprint density at radius 3 is 2.55 bits per heavy atom. The Morgan fingerprint density at radius 2 is 1.97 bits per heavy atom. The number of rotatable bonds is 7. The number of piperidine rings is 1. The minimum absolute atomic E-state index is 0. The maximum absolute atomic E-state index is 5.57. The number of aliphatic imine (C=N–C) groups is 1. The van der Waals surface area contributed by atoms with Crippen LogP contribution in [0.4, 0.5) is 0 Å². The molecule has 8 heteroatoms. The number of nitrogens with zero attached hydrogens (tertiary/aromatic N) is 3. The molecule has 0 saturated carbocycles. The molecule has 1 aromatic rings. The molecular formula is C21H38IN5OS. The van der Waals surface area contributed by atoms with Crippen LogP contribution < -0.4 is 10.6 Å². The highest BCUT2D eigenvalue weighted by Crippen LogP contribution is 2.27. The Hall–Kier alpha value is -0.420. The first-order chi connectivity index (χ1) is 13.7. The monoisotopic (exact) mass is 535 g/mol. The Balaban J connectivity index is 0.00000300. The van der Waals surface area contributed by atoms with E-state index in [1.807, 2.05) is 18.4 Å². The molecule has 0 aromatic carbocycles. The van der Waals surface area contributed by atoms with Crippen molar-refractivity contribution in [2.24, 2.45) is 4.99 Å². The minimum atomic E-state index is 0. The highest BCUT2D eigenvalue weighted by molar-refractivity contribution is 14.0. The molecular weight excluding hydrogens is 497 g/mol. The van der Waals surface area contributed by atoms with E-state index in [2.05, 4.69) is 51.4 Å². The van der Waals surface area contributed by atoms with Crippen LogP contribution in [0.25, 0.3) is 0 Å². The molecule has 2 fully saturated rings. The van der Waals surface area contributed by atoms with E-state index >= 15 is 0 Å². The van der Waals surface area contributed by atoms with Crippen LogP contribution in [0.5, 0.6) is 0 Å². The lowest BCUT2D eigenvalue weighted by atomic mass is 10.1. The quantitative estimate of drug-likeness (QED) is 0.320. The second kappa shape index (κ2) is 13.1. The highest BCUT2D eigenvalue weighted by atomic mass is 127. The van der Waals surface area contributed by atoms with Crippen molar-refractivity contribution in [1.29, 1.82) is 0 Å². The third kappa shape index (κ3) is 7.65. The van der Waals surface area contributed by atoms with Gasteiger partial charge in [0, 0.05) is 55.6 Å². The standard InChI is InChI=1S/C21H37N5OS.HI/c1-4-9-25-10-7-18(8-11-25)24-21(22-3)23-16-19(20-6-5-17(2)28-20)26-12-14-27-15-13-26;/h5-6,18-19H,4,7-16H2,1-3H3,(H2,22,23,24);1H. The van der Waals surface area contributed by atoms with Gasteiger partial charge in [-0.05, 0) is 44.9 Å². The molecule has 2 aliphatic heterocycles. The van der Waals surface area contributed by atoms with Crippen molar-refractivity contribution in [2.75, 3.05) is 59.5 Å². The van der Waals surface area contributed by atoms with Gasteiger partial charge in [-0.1, -0.05) is 6.92 Å². The van der Waals surface area contributed by atoms with Crippen LogP contribution in [-0.2, 0) is 4.74 Å². The number of aryl methyl sites for hydroxylation is 1. The van der Waals surface area contributed by atoms with Crippen molar-refractivity contribution in [1.82, 2.24) is 20.4 Å². The number of morpholine rings is 1. The first-order valence-corrected chi connectivity index (χ1v) is 11.6. The number of thiophene rings is 1. The molecule has 2 aliphatic rings. The molecule has 2 saturated heterocycles. The average Bonchev–Trinajstić information content (AvgIpc) is 3.15. The Kier molecular flexibility index (Phi) is 11.2. The second-order valence-corrected chi connectivity index (χ2v) is 9.15. The van der Waals surface area contributed by atoms with Crippen LogP contribution in [0.3, 0.4) is 0 Å². The number of likely N-dealkylation sites (tertiary alicyclic amines) is 1. The third-order valence-corrected chi connectivity index (χ3v) is 6.83. The average molecular weight is 536 g/mol. The van der Waals surface area contributed by atoms with Gasteiger partial charge in [0.2, 0.25) is 0 Å². The fourth-order valence-corrected chi connectivity index (χ4v) is 5.14. The molecule has 0 aliphatic carbocycles. The van der Waals surface area contributed by atoms with E-state index < -0.39 is 0 Å². The molecule has 0 amide bonds. The number of hydrogen-bond donors (Lipinski definition) is 2. The van der Waals surface area contributed by atoms with E-state index in [0.29, 0.717) is 12.1 Å². The zero-order chi connectivity index (χ0) is 19.8. The van der Waals surface area contributed by atoms with Crippen molar-refractivity contribution in [3.8, 4) is 0 Å². The van der Waals surface area contributed by atoms with Crippen LogP contribution in [-0.4, -0.2) is 81.3 Å². The lowest BCUT2D eigenvalue weighted by Gasteiger charge is -2.35. The summed E-state index contributed by atoms with van der Waals surface area (Å²) in [5.74, 6) is 0.931. The van der Waals surface area contributed by atoms with E-state index in [1.165, 1.54) is 48.7 Å². The SMILES string of the molecule is CCCN1CCC(NC(=NC)NCC(c2ccc(C)s2)N2CCOCC2)CC1.I. The summed E-state index contributed by atoms with van der Waals surface area (Å²) < 4.78 is 5.57. The number of guanidine groups is 1. The van der Waals surface area contributed by atoms with E-state index in [1.54, 1.807) is 0 Å². The zero-order valence-corrected chi connectivity index (χ0v) is 21.3. The summed E-state index contributed by atoms with van der Waals surface area (Å²) in [5.41, 5.74) is 0. The number of hydrogen-bond acceptors (Lipinski definition) is 5. The van der Waals surface area contributed by atoms with Crippen LogP contribution in [0, 0.1) is 6.92 Å². The summed E-state index contributed by atoms with van der Waals surface area (Å²) in [5, 5.41) is 7.26. The molecule has 0 radical (unpaired) electrons. The van der Waals surface area contributed by atoms with Crippen molar-refractivity contribution >= 4 is 41.3 Å². The highest BCUT2D eigenvalue weighted by Gasteiger charge is 2.25. The lowest BCUT2D eigenvalue weighted by molar-refractivity contribution is 0.0177. The molecule has 166 valence electrons. The fourth-order valence-electron chi connectivity index (χ4n) is 4.13. The van der Waals surface area contributed by atoms with Crippen LogP contribution in [0.1, 0.15) is 42.0 Å². The summed E-state index contributed by atoms with van der Waals surface area (Å²) in [6.45, 7) is 12.5. The molecule has 1 unspecified atom stereocenters. The second-order valence-electron chi connectivity index (χ2n) is 7.83. The van der Waals surface area contributed by atoms with Gasteiger partial charge in [0.15, 0.2) is 5.96 Å². The fraction of sp³-hybridized carbons (Fsp3) is 0.762. The van der Waals surface area contributed by atoms with Crippen LogP contribution in [0.2, 0.25) is 0 Å². The van der Waals surface area contributed by atoms with Gasteiger partial charge in [0.25, 0.3) is 0 Å². The molecule has 0 bridgehead atoms. The molecule has 2 N–H and O–H groups in total. The Morgan fingerprint density at radius 1 is 1.24 bits per heavy atom. The molecule has 0 spiro atoms. The van der Waals surface area contributed by atoms with Gasteiger partial charge in [-0.25, -0.2) is 0 Å². The van der Waals surface area contributed by atoms with Crippen molar-refractivity contribution in [2.45, 2.75) is 45.2 Å². The molecule has 3 heterocycles. The molecule has 29 heavy (non-hydrogen) atoms. The largest absolute Gasteiger partial charge is 0.379 e. The van der Waals surface area contributed by atoms with Crippen molar-refractivity contribution < 1.29 is 4.74 Å². The van der Waals surface area contributed by atoms with E-state index in [-0.39, 0.29) is 24.0 Å². The molecule has 3 rings (SSSR count). The van der Waals surface area contributed by atoms with Crippen molar-refractivity contribution in [3.05, 3.63) is 21.9 Å². The van der Waals surface area contributed by atoms with Gasteiger partial charge in [-0.15, -0.1) is 35.3 Å². The normalized spacial score (nSPS) is 20.9. The summed E-state index contributed by atoms with van der Waals surface area (Å²) >= 11 is 1.90. The molecule has 1 aromatic heterocycles. The number of nitrogens with one attached hydrogen (secondary N) is 2. The van der Waals surface area contributed by atoms with Gasteiger partial charge >= 0.3 is 0 Å². The summed E-state index contributed by atoms with van der Waals surface area (Å²) in [7, 11) is 1.88. The minimum Gasteiger partial charge on any atom is -0.379 e. The first-order valence-electron chi connectivity index (χ1n) is 10.8. The van der Waals surface area contributed by atoms with Gasteiger partial charge in [-0.2, -0.15) is 0 Å². The Labute approximate surface area is 197 Å². The summed E-state index contributed by atoms with van der Waals surface area (Å²) in [6, 6.07) is 5.39. The number of ether oxygens (including phenoxy) is 1. The van der Waals surface area contributed by atoms with Gasteiger partial charge < -0.3 is 20.3 Å². The maximum atomic E-state index is 5.57. The van der Waals surface area contributed by atoms with Gasteiger partial charge in [0.05, 0.1) is 19.3 Å². The summed E-state index contributed by atoms with van der Waals surface area (Å²) in [4.78, 5) is 12.4. The topological polar surface area (TPSA) is 52.1 Å². The summed E-state index contributed by atoms with van der Waals surface area (Å²) in [6.07, 6.45) is 3.63. The van der Waals surface area contributed by atoms with E-state index in [4.69, 9.17) is 4.74 Å². The zero-order valence-electron chi connectivity index (χ0n) is 18.2. The van der Waals surface area contributed by atoms with E-state index in [0.717, 1.165) is 38.8 Å². The first kappa shape index (κ1) is 24.8. The number of halogens is 1. The Bertz CT molecular complexity index is 612. The molecule has 1 atom stereocenters. The predicted molar refractivity (Wildman–Crippen MR) is 134 cm³/mol. The predicted octanol–water partition coefficient (Wildman–Crippen LogP) is 3.09. The van der Waals surface area contributed by atoms with E-state index in [9.17, 15) is 0 Å². The van der Waals surface area contributed by atoms with Crippen LogP contribution >= 0.6 is 35.3 Å². The van der Waals surface area contributed by atoms with Crippen molar-refractivity contribution in [3.63, 3.8) is 0 Å². The van der Waals surface area contributed by atoms with Gasteiger partial charge in [-0.3, -0.25) is 9.89 Å². The molecule has 6 nitrogen and oxygen atoms in total. The smallest absolute Gasteiger partial charge is 0.191 e. The lowest BCUT2D eigenvalue weighted by Crippen LogP contribution is -2.50. The van der Waals surface area contributed by atoms with Gasteiger partial charge in [0.1, 0.15) is 0 Å². The third-order valence-electron chi connectivity index (χ3n) is 5.73.